The Hall–Kier alpha value is -2.70. The molecule has 1 saturated heterocycles. The van der Waals surface area contributed by atoms with E-state index in [0.29, 0.717) is 18.0 Å². The Morgan fingerprint density at radius 2 is 1.61 bits per heavy atom. The molecule has 2 heterocycles. The lowest BCUT2D eigenvalue weighted by atomic mass is 9.97. The zero-order chi connectivity index (χ0) is 19.1. The number of hydrogen-bond donors (Lipinski definition) is 1. The van der Waals surface area contributed by atoms with Crippen LogP contribution in [0.5, 0.6) is 0 Å². The highest BCUT2D eigenvalue weighted by molar-refractivity contribution is 7.89. The third kappa shape index (κ3) is 2.99. The van der Waals surface area contributed by atoms with Gasteiger partial charge in [0, 0.05) is 19.0 Å². The van der Waals surface area contributed by atoms with E-state index in [1.165, 1.54) is 0 Å². The fraction of sp³-hybridized carbons (Fsp3) is 0.227. The molecule has 5 rings (SSSR count). The Morgan fingerprint density at radius 1 is 0.893 bits per heavy atom. The van der Waals surface area contributed by atoms with Gasteiger partial charge in [-0.2, -0.15) is 4.31 Å². The third-order valence-electron chi connectivity index (χ3n) is 5.61. The average molecular weight is 391 g/mol. The number of nitrogens with zero attached hydrogens (tertiary/aromatic N) is 2. The smallest absolute Gasteiger partial charge is 0.243 e. The molecule has 0 radical (unpaired) electrons. The number of sulfonamides is 1. The van der Waals surface area contributed by atoms with E-state index in [-0.39, 0.29) is 5.92 Å². The number of rotatable bonds is 3. The lowest BCUT2D eigenvalue weighted by Gasteiger charge is -2.30. The lowest BCUT2D eigenvalue weighted by Crippen LogP contribution is -2.38. The van der Waals surface area contributed by atoms with Crippen molar-refractivity contribution >= 4 is 31.8 Å². The summed E-state index contributed by atoms with van der Waals surface area (Å²) in [5.41, 5.74) is 1.99. The maximum absolute atomic E-state index is 13.1. The molecule has 0 amide bonds. The van der Waals surface area contributed by atoms with Crippen LogP contribution in [0.2, 0.25) is 0 Å². The van der Waals surface area contributed by atoms with Crippen LogP contribution < -0.4 is 0 Å². The lowest BCUT2D eigenvalue weighted by molar-refractivity contribution is 0.314. The van der Waals surface area contributed by atoms with E-state index in [1.807, 2.05) is 54.6 Å². The number of aromatic nitrogens is 2. The van der Waals surface area contributed by atoms with Crippen LogP contribution in [0.1, 0.15) is 24.6 Å². The second kappa shape index (κ2) is 6.72. The highest BCUT2D eigenvalue weighted by atomic mass is 32.2. The van der Waals surface area contributed by atoms with Gasteiger partial charge in [-0.05, 0) is 47.9 Å². The minimum Gasteiger partial charge on any atom is -0.342 e. The molecule has 0 unspecified atom stereocenters. The summed E-state index contributed by atoms with van der Waals surface area (Å²) >= 11 is 0. The molecule has 1 aliphatic heterocycles. The molecular weight excluding hydrogens is 370 g/mol. The van der Waals surface area contributed by atoms with Crippen LogP contribution in [0, 0.1) is 0 Å². The molecule has 0 spiro atoms. The Bertz CT molecular complexity index is 1220. The summed E-state index contributed by atoms with van der Waals surface area (Å²) in [6, 6.07) is 21.2. The number of fused-ring (bicyclic) bond motifs is 2. The summed E-state index contributed by atoms with van der Waals surface area (Å²) in [6.45, 7) is 1.02. The number of hydrogen-bond acceptors (Lipinski definition) is 3. The van der Waals surface area contributed by atoms with Crippen LogP contribution in [0.25, 0.3) is 21.8 Å². The second-order valence-electron chi connectivity index (χ2n) is 7.33. The standard InChI is InChI=1S/C22H21N3O2S/c26-28(27,19-10-9-16-5-1-2-6-18(16)15-19)25-13-11-17(12-14-25)22-23-20-7-3-4-8-21(20)24-22/h1-10,15,17H,11-14H2,(H,23,24). The minimum atomic E-state index is -3.48. The molecule has 0 bridgehead atoms. The number of imidazole rings is 1. The van der Waals surface area contributed by atoms with Gasteiger partial charge in [0.1, 0.15) is 5.82 Å². The molecule has 1 aromatic heterocycles. The van der Waals surface area contributed by atoms with E-state index < -0.39 is 10.0 Å². The maximum Gasteiger partial charge on any atom is 0.243 e. The van der Waals surface area contributed by atoms with Crippen molar-refractivity contribution in [3.05, 3.63) is 72.6 Å². The Kier molecular flexibility index (Phi) is 4.18. The summed E-state index contributed by atoms with van der Waals surface area (Å²) in [5.74, 6) is 1.22. The highest BCUT2D eigenvalue weighted by Gasteiger charge is 2.31. The average Bonchev–Trinajstić information content (AvgIpc) is 3.18. The molecule has 1 N–H and O–H groups in total. The van der Waals surface area contributed by atoms with E-state index in [0.717, 1.165) is 40.5 Å². The molecule has 0 atom stereocenters. The zero-order valence-corrected chi connectivity index (χ0v) is 16.2. The van der Waals surface area contributed by atoms with Crippen molar-refractivity contribution in [1.29, 1.82) is 0 Å². The van der Waals surface area contributed by atoms with Crippen LogP contribution in [-0.4, -0.2) is 35.8 Å². The first-order chi connectivity index (χ1) is 13.6. The van der Waals surface area contributed by atoms with E-state index >= 15 is 0 Å². The largest absolute Gasteiger partial charge is 0.342 e. The first kappa shape index (κ1) is 17.4. The van der Waals surface area contributed by atoms with Gasteiger partial charge in [0.2, 0.25) is 10.0 Å². The van der Waals surface area contributed by atoms with E-state index in [9.17, 15) is 8.42 Å². The normalized spacial score (nSPS) is 16.7. The monoisotopic (exact) mass is 391 g/mol. The number of aromatic amines is 1. The molecule has 5 nitrogen and oxygen atoms in total. The minimum absolute atomic E-state index is 0.260. The van der Waals surface area contributed by atoms with Gasteiger partial charge in [-0.15, -0.1) is 0 Å². The van der Waals surface area contributed by atoms with Gasteiger partial charge in [-0.3, -0.25) is 0 Å². The molecule has 0 saturated carbocycles. The summed E-state index contributed by atoms with van der Waals surface area (Å²) in [5, 5.41) is 1.99. The fourth-order valence-electron chi connectivity index (χ4n) is 4.01. The van der Waals surface area contributed by atoms with Gasteiger partial charge in [-0.1, -0.05) is 42.5 Å². The number of nitrogens with one attached hydrogen (secondary N) is 1. The second-order valence-corrected chi connectivity index (χ2v) is 9.26. The molecule has 3 aromatic carbocycles. The van der Waals surface area contributed by atoms with Crippen LogP contribution in [-0.2, 0) is 10.0 Å². The Morgan fingerprint density at radius 3 is 2.39 bits per heavy atom. The first-order valence-corrected chi connectivity index (χ1v) is 11.0. The highest BCUT2D eigenvalue weighted by Crippen LogP contribution is 2.31. The topological polar surface area (TPSA) is 66.1 Å². The van der Waals surface area contributed by atoms with E-state index in [4.69, 9.17) is 4.98 Å². The fourth-order valence-corrected chi connectivity index (χ4v) is 5.52. The van der Waals surface area contributed by atoms with Crippen LogP contribution in [0.4, 0.5) is 0 Å². The molecule has 0 aliphatic carbocycles. The summed E-state index contributed by atoms with van der Waals surface area (Å²) in [7, 11) is -3.48. The summed E-state index contributed by atoms with van der Waals surface area (Å²) in [6.07, 6.45) is 1.54. The Balaban J connectivity index is 1.36. The number of benzene rings is 3. The molecular formula is C22H21N3O2S. The summed E-state index contributed by atoms with van der Waals surface area (Å²) < 4.78 is 27.8. The molecule has 142 valence electrons. The van der Waals surface area contributed by atoms with Crippen molar-refractivity contribution < 1.29 is 8.42 Å². The number of piperidine rings is 1. The molecule has 28 heavy (non-hydrogen) atoms. The number of H-pyrrole nitrogens is 1. The van der Waals surface area contributed by atoms with Gasteiger partial charge in [0.05, 0.1) is 15.9 Å². The number of para-hydroxylation sites is 2. The van der Waals surface area contributed by atoms with Crippen molar-refractivity contribution in [1.82, 2.24) is 14.3 Å². The van der Waals surface area contributed by atoms with Gasteiger partial charge in [-0.25, -0.2) is 13.4 Å². The van der Waals surface area contributed by atoms with Crippen LogP contribution in [0.3, 0.4) is 0 Å². The quantitative estimate of drug-likeness (QED) is 0.567. The maximum atomic E-state index is 13.1. The van der Waals surface area contributed by atoms with Gasteiger partial charge < -0.3 is 4.98 Å². The first-order valence-electron chi connectivity index (χ1n) is 9.55. The van der Waals surface area contributed by atoms with Gasteiger partial charge in [0.15, 0.2) is 0 Å². The Labute approximate surface area is 164 Å². The molecule has 6 heteroatoms. The van der Waals surface area contributed by atoms with Gasteiger partial charge >= 0.3 is 0 Å². The predicted molar refractivity (Wildman–Crippen MR) is 111 cm³/mol. The van der Waals surface area contributed by atoms with Crippen molar-refractivity contribution in [3.8, 4) is 0 Å². The van der Waals surface area contributed by atoms with Crippen LogP contribution in [0.15, 0.2) is 71.6 Å². The van der Waals surface area contributed by atoms with Crippen molar-refractivity contribution in [2.45, 2.75) is 23.7 Å². The third-order valence-corrected chi connectivity index (χ3v) is 7.50. The van der Waals surface area contributed by atoms with Crippen LogP contribution >= 0.6 is 0 Å². The molecule has 1 fully saturated rings. The SMILES string of the molecule is O=S(=O)(c1ccc2ccccc2c1)N1CCC(c2nc3ccccc3[nH]2)CC1. The van der Waals surface area contributed by atoms with E-state index in [1.54, 1.807) is 16.4 Å². The predicted octanol–water partition coefficient (Wildman–Crippen LogP) is 4.28. The zero-order valence-electron chi connectivity index (χ0n) is 15.4. The molecule has 4 aromatic rings. The molecule has 1 aliphatic rings. The van der Waals surface area contributed by atoms with Crippen molar-refractivity contribution in [3.63, 3.8) is 0 Å². The summed E-state index contributed by atoms with van der Waals surface area (Å²) in [4.78, 5) is 8.45. The van der Waals surface area contributed by atoms with Crippen molar-refractivity contribution in [2.24, 2.45) is 0 Å². The van der Waals surface area contributed by atoms with E-state index in [2.05, 4.69) is 4.98 Å². The van der Waals surface area contributed by atoms with Crippen molar-refractivity contribution in [2.75, 3.05) is 13.1 Å². The van der Waals surface area contributed by atoms with Gasteiger partial charge in [0.25, 0.3) is 0 Å².